The second-order valence-electron chi connectivity index (χ2n) is 1.87. The van der Waals surface area contributed by atoms with E-state index in [4.69, 9.17) is 20.9 Å². The predicted octanol–water partition coefficient (Wildman–Crippen LogP) is 3.20. The Labute approximate surface area is 83.6 Å². The molecule has 0 aliphatic rings. The molecule has 0 aliphatic carbocycles. The van der Waals surface area contributed by atoms with Crippen molar-refractivity contribution in [1.29, 1.82) is 0 Å². The van der Waals surface area contributed by atoms with Crippen LogP contribution in [0.1, 0.15) is 13.8 Å². The molecule has 0 aromatic rings. The van der Waals surface area contributed by atoms with Gasteiger partial charge in [0.25, 0.3) is 0 Å². The van der Waals surface area contributed by atoms with Crippen molar-refractivity contribution in [2.45, 2.75) is 13.8 Å². The molecule has 0 N–H and O–H groups in total. The van der Waals surface area contributed by atoms with Crippen molar-refractivity contribution in [2.75, 3.05) is 19.0 Å². The minimum atomic E-state index is -2.06. The second kappa shape index (κ2) is 7.10. The van der Waals surface area contributed by atoms with E-state index < -0.39 is 5.69 Å². The average molecular weight is 226 g/mol. The Bertz CT molecular complexity index is 163. The van der Waals surface area contributed by atoms with E-state index in [9.17, 15) is 0 Å². The van der Waals surface area contributed by atoms with E-state index in [0.717, 1.165) is 5.75 Å². The first kappa shape index (κ1) is 12.7. The summed E-state index contributed by atoms with van der Waals surface area (Å²) in [5.41, 5.74) is -2.06. The fourth-order valence-corrected chi connectivity index (χ4v) is 4.84. The van der Waals surface area contributed by atoms with Gasteiger partial charge in [-0.15, -0.1) is 6.58 Å². The van der Waals surface area contributed by atoms with E-state index in [2.05, 4.69) is 6.58 Å². The molecule has 5 heteroatoms. The van der Waals surface area contributed by atoms with Crippen LogP contribution in [0, 0.1) is 0 Å². The van der Waals surface area contributed by atoms with Gasteiger partial charge in [0.1, 0.15) is 0 Å². The SMILES string of the molecule is C=CCSP(=S)(OCC)OCC. The molecule has 0 radical (unpaired) electrons. The van der Waals surface area contributed by atoms with E-state index in [0.29, 0.717) is 13.2 Å². The van der Waals surface area contributed by atoms with E-state index in [1.807, 2.05) is 19.9 Å². The lowest BCUT2D eigenvalue weighted by molar-refractivity contribution is 0.280. The molecule has 0 spiro atoms. The molecule has 0 unspecified atom stereocenters. The Balaban J connectivity index is 3.98. The molecule has 0 saturated heterocycles. The zero-order valence-electron chi connectivity index (χ0n) is 7.49. The molecule has 0 atom stereocenters. The van der Waals surface area contributed by atoms with Crippen LogP contribution in [0.15, 0.2) is 12.7 Å². The van der Waals surface area contributed by atoms with E-state index >= 15 is 0 Å². The third-order valence-corrected chi connectivity index (χ3v) is 6.38. The minimum Gasteiger partial charge on any atom is -0.322 e. The van der Waals surface area contributed by atoms with Gasteiger partial charge in [0.15, 0.2) is 0 Å². The normalized spacial score (nSPS) is 11.5. The second-order valence-corrected chi connectivity index (χ2v) is 8.22. The molecule has 2 nitrogen and oxygen atoms in total. The molecular formula is C7H15O2PS2. The van der Waals surface area contributed by atoms with E-state index in [1.54, 1.807) is 0 Å². The first-order valence-electron chi connectivity index (χ1n) is 3.83. The molecule has 12 heavy (non-hydrogen) atoms. The largest absolute Gasteiger partial charge is 0.322 e. The van der Waals surface area contributed by atoms with Crippen molar-refractivity contribution < 1.29 is 9.05 Å². The molecule has 0 aliphatic heterocycles. The van der Waals surface area contributed by atoms with Gasteiger partial charge in [-0.3, -0.25) is 0 Å². The molecule has 0 bridgehead atoms. The Hall–Kier alpha value is 0.660. The van der Waals surface area contributed by atoms with Crippen molar-refractivity contribution in [1.82, 2.24) is 0 Å². The lowest BCUT2D eigenvalue weighted by Crippen LogP contribution is -1.92. The van der Waals surface area contributed by atoms with Gasteiger partial charge in [-0.2, -0.15) is 0 Å². The van der Waals surface area contributed by atoms with Crippen LogP contribution in [-0.4, -0.2) is 19.0 Å². The highest BCUT2D eigenvalue weighted by Gasteiger charge is 2.16. The molecule has 0 rings (SSSR count). The van der Waals surface area contributed by atoms with Gasteiger partial charge < -0.3 is 9.05 Å². The quantitative estimate of drug-likeness (QED) is 0.490. The maximum atomic E-state index is 5.39. The topological polar surface area (TPSA) is 18.5 Å². The third-order valence-electron chi connectivity index (χ3n) is 0.925. The summed E-state index contributed by atoms with van der Waals surface area (Å²) in [5.74, 6) is 0.789. The van der Waals surface area contributed by atoms with Crippen molar-refractivity contribution in [3.8, 4) is 0 Å². The molecule has 0 aromatic heterocycles. The zero-order valence-corrected chi connectivity index (χ0v) is 10.0. The summed E-state index contributed by atoms with van der Waals surface area (Å²) in [6.07, 6.45) is 1.81. The lowest BCUT2D eigenvalue weighted by atomic mass is 10.8. The van der Waals surface area contributed by atoms with Crippen molar-refractivity contribution >= 4 is 28.9 Å². The fraction of sp³-hybridized carbons (Fsp3) is 0.714. The Morgan fingerprint density at radius 1 is 1.42 bits per heavy atom. The van der Waals surface area contributed by atoms with Gasteiger partial charge >= 0.3 is 0 Å². The number of rotatable bonds is 7. The highest BCUT2D eigenvalue weighted by atomic mass is 32.9. The molecule has 0 aromatic carbocycles. The van der Waals surface area contributed by atoms with Gasteiger partial charge in [0.05, 0.1) is 13.2 Å². The molecule has 0 saturated carbocycles. The first-order valence-corrected chi connectivity index (χ1v) is 8.06. The van der Waals surface area contributed by atoms with Gasteiger partial charge in [-0.25, -0.2) is 0 Å². The Morgan fingerprint density at radius 2 is 1.92 bits per heavy atom. The van der Waals surface area contributed by atoms with Crippen LogP contribution >= 0.6 is 17.1 Å². The van der Waals surface area contributed by atoms with Crippen LogP contribution in [0.4, 0.5) is 0 Å². The summed E-state index contributed by atoms with van der Waals surface area (Å²) in [6.45, 7) is 8.70. The van der Waals surface area contributed by atoms with Crippen molar-refractivity contribution in [3.63, 3.8) is 0 Å². The highest BCUT2D eigenvalue weighted by molar-refractivity contribution is 8.67. The summed E-state index contributed by atoms with van der Waals surface area (Å²) in [5, 5.41) is 0. The summed E-state index contributed by atoms with van der Waals surface area (Å²) in [7, 11) is 0. The Kier molecular flexibility index (Phi) is 7.49. The lowest BCUT2D eigenvalue weighted by Gasteiger charge is -2.18. The highest BCUT2D eigenvalue weighted by Crippen LogP contribution is 2.60. The zero-order chi connectivity index (χ0) is 9.45. The van der Waals surface area contributed by atoms with Gasteiger partial charge in [0, 0.05) is 5.75 Å². The van der Waals surface area contributed by atoms with Gasteiger partial charge in [-0.05, 0) is 25.7 Å². The summed E-state index contributed by atoms with van der Waals surface area (Å²) < 4.78 is 10.8. The number of hydrogen-bond donors (Lipinski definition) is 0. The van der Waals surface area contributed by atoms with E-state index in [-0.39, 0.29) is 0 Å². The first-order chi connectivity index (χ1) is 5.68. The molecular weight excluding hydrogens is 211 g/mol. The standard InChI is InChI=1S/C7H15O2PS2/c1-4-7-12-10(11,8-5-2)9-6-3/h4H,1,5-7H2,2-3H3. The maximum absolute atomic E-state index is 5.39. The van der Waals surface area contributed by atoms with Crippen molar-refractivity contribution in [3.05, 3.63) is 12.7 Å². The summed E-state index contributed by atoms with van der Waals surface area (Å²) in [6, 6.07) is 0. The van der Waals surface area contributed by atoms with Crippen LogP contribution in [0.2, 0.25) is 0 Å². The molecule has 0 fully saturated rings. The van der Waals surface area contributed by atoms with Crippen molar-refractivity contribution in [2.24, 2.45) is 0 Å². The smallest absolute Gasteiger partial charge is 0.247 e. The third kappa shape index (κ3) is 5.33. The Morgan fingerprint density at radius 3 is 2.25 bits per heavy atom. The summed E-state index contributed by atoms with van der Waals surface area (Å²) >= 11 is 6.78. The fourth-order valence-electron chi connectivity index (χ4n) is 0.572. The molecule has 0 heterocycles. The molecule has 72 valence electrons. The van der Waals surface area contributed by atoms with Crippen LogP contribution in [0.5, 0.6) is 0 Å². The monoisotopic (exact) mass is 226 g/mol. The summed E-state index contributed by atoms with van der Waals surface area (Å²) in [4.78, 5) is 0. The van der Waals surface area contributed by atoms with Gasteiger partial charge in [-0.1, -0.05) is 17.5 Å². The van der Waals surface area contributed by atoms with Crippen LogP contribution in [0.25, 0.3) is 0 Å². The predicted molar refractivity (Wildman–Crippen MR) is 60.2 cm³/mol. The van der Waals surface area contributed by atoms with Crippen LogP contribution in [0.3, 0.4) is 0 Å². The maximum Gasteiger partial charge on any atom is 0.247 e. The van der Waals surface area contributed by atoms with Crippen LogP contribution in [-0.2, 0) is 20.9 Å². The number of hydrogen-bond acceptors (Lipinski definition) is 4. The van der Waals surface area contributed by atoms with E-state index in [1.165, 1.54) is 11.4 Å². The van der Waals surface area contributed by atoms with Crippen LogP contribution < -0.4 is 0 Å². The average Bonchev–Trinajstić information content (AvgIpc) is 2.02. The minimum absolute atomic E-state index is 0.613. The van der Waals surface area contributed by atoms with Gasteiger partial charge in [0.2, 0.25) is 5.69 Å². The molecule has 0 amide bonds.